The van der Waals surface area contributed by atoms with Crippen LogP contribution in [0.2, 0.25) is 0 Å². The van der Waals surface area contributed by atoms with Crippen molar-refractivity contribution in [2.45, 2.75) is 24.0 Å². The first-order valence-corrected chi connectivity index (χ1v) is 9.75. The van der Waals surface area contributed by atoms with Crippen LogP contribution in [0, 0.1) is 5.92 Å². The topological polar surface area (TPSA) is 77.3 Å². The zero-order valence-electron chi connectivity index (χ0n) is 14.6. The Balaban J connectivity index is 1.68. The zero-order chi connectivity index (χ0) is 19.7. The number of alkyl halides is 3. The molecule has 0 aliphatic carbocycles. The van der Waals surface area contributed by atoms with Gasteiger partial charge in [-0.2, -0.15) is 17.5 Å². The summed E-state index contributed by atoms with van der Waals surface area (Å²) in [6.07, 6.45) is 0.723. The number of hydrogen-bond donors (Lipinski definition) is 0. The Morgan fingerprint density at radius 2 is 2.11 bits per heavy atom. The van der Waals surface area contributed by atoms with Crippen LogP contribution in [0.4, 0.5) is 13.2 Å². The molecule has 11 heteroatoms. The van der Waals surface area contributed by atoms with Crippen LogP contribution in [0.1, 0.15) is 18.4 Å². The van der Waals surface area contributed by atoms with E-state index in [0.717, 1.165) is 6.07 Å². The molecule has 1 unspecified atom stereocenters. The average molecular weight is 404 g/mol. The predicted octanol–water partition coefficient (Wildman–Crippen LogP) is 2.31. The van der Waals surface area contributed by atoms with Crippen LogP contribution in [0.15, 0.2) is 35.9 Å². The Morgan fingerprint density at radius 1 is 1.33 bits per heavy atom. The second kappa shape index (κ2) is 7.47. The third kappa shape index (κ3) is 4.41. The Morgan fingerprint density at radius 3 is 2.78 bits per heavy atom. The second-order valence-corrected chi connectivity index (χ2v) is 8.30. The number of aromatic nitrogens is 3. The van der Waals surface area contributed by atoms with Crippen molar-refractivity contribution in [3.05, 3.63) is 36.4 Å². The summed E-state index contributed by atoms with van der Waals surface area (Å²) in [7, 11) is -2.07. The van der Waals surface area contributed by atoms with E-state index >= 15 is 0 Å². The van der Waals surface area contributed by atoms with Gasteiger partial charge < -0.3 is 9.30 Å². The van der Waals surface area contributed by atoms with Gasteiger partial charge in [-0.05, 0) is 25.0 Å². The van der Waals surface area contributed by atoms with Crippen LogP contribution in [0.5, 0.6) is 5.88 Å². The van der Waals surface area contributed by atoms with Crippen molar-refractivity contribution < 1.29 is 26.3 Å². The van der Waals surface area contributed by atoms with Gasteiger partial charge in [-0.25, -0.2) is 18.4 Å². The van der Waals surface area contributed by atoms with Crippen molar-refractivity contribution >= 4 is 10.0 Å². The molecular formula is C16H19F3N4O3S. The maximum absolute atomic E-state index is 13.0. The van der Waals surface area contributed by atoms with Gasteiger partial charge in [0.05, 0.1) is 12.9 Å². The summed E-state index contributed by atoms with van der Waals surface area (Å²) >= 11 is 0. The first-order chi connectivity index (χ1) is 12.7. The lowest BCUT2D eigenvalue weighted by molar-refractivity contribution is -0.139. The molecule has 0 amide bonds. The van der Waals surface area contributed by atoms with E-state index < -0.39 is 27.6 Å². The maximum atomic E-state index is 13.0. The van der Waals surface area contributed by atoms with Crippen LogP contribution < -0.4 is 4.74 Å². The van der Waals surface area contributed by atoms with Crippen LogP contribution >= 0.6 is 0 Å². The molecule has 1 aliphatic heterocycles. The standard InChI is InChI=1S/C16H19F3N4O3S/c1-22-9-14(21-11-22)27(24,25)23-7-3-4-12(8-23)10-26-15-13(16(17,18)19)5-2-6-20-15/h2,5-6,9,11-12H,3-4,7-8,10H2,1H3. The van der Waals surface area contributed by atoms with Gasteiger partial charge in [0.15, 0.2) is 5.03 Å². The molecule has 1 aliphatic rings. The number of ether oxygens (including phenoxy) is 1. The summed E-state index contributed by atoms with van der Waals surface area (Å²) in [5, 5.41) is -0.0457. The number of sulfonamides is 1. The van der Waals surface area contributed by atoms with Gasteiger partial charge in [0.25, 0.3) is 10.0 Å². The van der Waals surface area contributed by atoms with E-state index in [2.05, 4.69) is 9.97 Å². The van der Waals surface area contributed by atoms with Crippen molar-refractivity contribution in [3.63, 3.8) is 0 Å². The lowest BCUT2D eigenvalue weighted by Crippen LogP contribution is -2.41. The van der Waals surface area contributed by atoms with Crippen LogP contribution in [0.25, 0.3) is 0 Å². The molecule has 0 saturated carbocycles. The molecule has 0 aromatic carbocycles. The normalized spacial score (nSPS) is 19.2. The lowest BCUT2D eigenvalue weighted by Gasteiger charge is -2.31. The lowest BCUT2D eigenvalue weighted by atomic mass is 10.0. The Kier molecular flexibility index (Phi) is 5.43. The van der Waals surface area contributed by atoms with E-state index in [0.29, 0.717) is 19.4 Å². The van der Waals surface area contributed by atoms with E-state index in [-0.39, 0.29) is 24.1 Å². The molecule has 148 valence electrons. The summed E-state index contributed by atoms with van der Waals surface area (Å²) in [5.41, 5.74) is -0.946. The molecule has 0 N–H and O–H groups in total. The summed E-state index contributed by atoms with van der Waals surface area (Å²) in [6, 6.07) is 2.10. The minimum Gasteiger partial charge on any atom is -0.477 e. The molecule has 0 radical (unpaired) electrons. The third-order valence-electron chi connectivity index (χ3n) is 4.30. The average Bonchev–Trinajstić information content (AvgIpc) is 3.07. The van der Waals surface area contributed by atoms with Crippen molar-refractivity contribution in [1.29, 1.82) is 0 Å². The highest BCUT2D eigenvalue weighted by molar-refractivity contribution is 7.89. The van der Waals surface area contributed by atoms with E-state index in [4.69, 9.17) is 4.74 Å². The van der Waals surface area contributed by atoms with Crippen LogP contribution in [-0.4, -0.2) is 47.0 Å². The van der Waals surface area contributed by atoms with Gasteiger partial charge in [-0.15, -0.1) is 0 Å². The predicted molar refractivity (Wildman–Crippen MR) is 89.4 cm³/mol. The number of imidazole rings is 1. The number of hydrogen-bond acceptors (Lipinski definition) is 5. The van der Waals surface area contributed by atoms with Gasteiger partial charge in [0, 0.05) is 38.4 Å². The third-order valence-corrected chi connectivity index (χ3v) is 6.05. The van der Waals surface area contributed by atoms with Gasteiger partial charge in [-0.3, -0.25) is 0 Å². The number of nitrogens with zero attached hydrogens (tertiary/aromatic N) is 4. The maximum Gasteiger partial charge on any atom is 0.421 e. The smallest absolute Gasteiger partial charge is 0.421 e. The summed E-state index contributed by atoms with van der Waals surface area (Å²) in [6.45, 7) is 0.453. The first-order valence-electron chi connectivity index (χ1n) is 8.31. The Bertz CT molecular complexity index is 898. The summed E-state index contributed by atoms with van der Waals surface area (Å²) in [5.74, 6) is -0.727. The molecule has 1 atom stereocenters. The van der Waals surface area contributed by atoms with E-state index in [1.807, 2.05) is 0 Å². The fourth-order valence-corrected chi connectivity index (χ4v) is 4.47. The fraction of sp³-hybridized carbons (Fsp3) is 0.500. The highest BCUT2D eigenvalue weighted by Crippen LogP contribution is 2.35. The molecule has 3 rings (SSSR count). The van der Waals surface area contributed by atoms with Crippen molar-refractivity contribution in [1.82, 2.24) is 18.8 Å². The molecular weight excluding hydrogens is 385 g/mol. The van der Waals surface area contributed by atoms with Crippen LogP contribution in [0.3, 0.4) is 0 Å². The molecule has 1 saturated heterocycles. The molecule has 1 fully saturated rings. The number of rotatable bonds is 5. The van der Waals surface area contributed by atoms with E-state index in [1.54, 1.807) is 7.05 Å². The second-order valence-electron chi connectivity index (χ2n) is 6.41. The van der Waals surface area contributed by atoms with Crippen molar-refractivity contribution in [2.75, 3.05) is 19.7 Å². The summed E-state index contributed by atoms with van der Waals surface area (Å²) < 4.78 is 72.5. The number of piperidine rings is 1. The van der Waals surface area contributed by atoms with Gasteiger partial charge in [0.2, 0.25) is 5.88 Å². The Labute approximate surface area is 154 Å². The largest absolute Gasteiger partial charge is 0.477 e. The zero-order valence-corrected chi connectivity index (χ0v) is 15.4. The minimum atomic E-state index is -4.56. The van der Waals surface area contributed by atoms with Gasteiger partial charge in [0.1, 0.15) is 5.56 Å². The number of aryl methyl sites for hydroxylation is 1. The molecule has 3 heterocycles. The first kappa shape index (κ1) is 19.6. The van der Waals surface area contributed by atoms with Gasteiger partial charge >= 0.3 is 6.18 Å². The molecule has 0 bridgehead atoms. The molecule has 0 spiro atoms. The van der Waals surface area contributed by atoms with Crippen LogP contribution in [-0.2, 0) is 23.2 Å². The Hall–Kier alpha value is -2.14. The van der Waals surface area contributed by atoms with Gasteiger partial charge in [-0.1, -0.05) is 0 Å². The molecule has 27 heavy (non-hydrogen) atoms. The van der Waals surface area contributed by atoms with Crippen molar-refractivity contribution in [3.8, 4) is 5.88 Å². The summed E-state index contributed by atoms with van der Waals surface area (Å²) in [4.78, 5) is 7.55. The number of halogens is 3. The van der Waals surface area contributed by atoms with E-state index in [9.17, 15) is 21.6 Å². The minimum absolute atomic E-state index is 0.0457. The monoisotopic (exact) mass is 404 g/mol. The highest BCUT2D eigenvalue weighted by Gasteiger charge is 2.36. The number of pyridine rings is 1. The van der Waals surface area contributed by atoms with Crippen molar-refractivity contribution in [2.24, 2.45) is 13.0 Å². The quantitative estimate of drug-likeness (QED) is 0.764. The fourth-order valence-electron chi connectivity index (χ4n) is 2.95. The molecule has 7 nitrogen and oxygen atoms in total. The highest BCUT2D eigenvalue weighted by atomic mass is 32.2. The van der Waals surface area contributed by atoms with E-state index in [1.165, 1.54) is 33.7 Å². The molecule has 2 aromatic rings. The molecule has 2 aromatic heterocycles. The SMILES string of the molecule is Cn1cnc(S(=O)(=O)N2CCCC(COc3ncccc3C(F)(F)F)C2)c1.